The van der Waals surface area contributed by atoms with Gasteiger partial charge in [-0.25, -0.2) is 14.1 Å². The molecule has 0 saturated carbocycles. The molecule has 0 aliphatic carbocycles. The predicted molar refractivity (Wildman–Crippen MR) is 181 cm³/mol. The van der Waals surface area contributed by atoms with Crippen molar-refractivity contribution in [2.75, 3.05) is 52.3 Å². The van der Waals surface area contributed by atoms with Gasteiger partial charge in [-0.15, -0.1) is 18.3 Å². The highest BCUT2D eigenvalue weighted by Gasteiger charge is 2.29. The molecule has 3 aromatic carbocycles. The number of likely N-dealkylation sites (tertiary alicyclic amines) is 1. The molecule has 1 saturated heterocycles. The molecule has 1 unspecified atom stereocenters. The Bertz CT molecular complexity index is 1890. The zero-order chi connectivity index (χ0) is 36.0. The van der Waals surface area contributed by atoms with Crippen LogP contribution in [-0.4, -0.2) is 105 Å². The number of imidazole rings is 1. The molecule has 12 nitrogen and oxygen atoms in total. The van der Waals surface area contributed by atoms with Crippen molar-refractivity contribution in [3.8, 4) is 11.4 Å². The molecule has 5 aromatic rings. The largest absolute Gasteiger partial charge is 0.522 e. The summed E-state index contributed by atoms with van der Waals surface area (Å²) in [6, 6.07) is 18.9. The minimum absolute atomic E-state index is 0.000437. The number of benzene rings is 3. The Morgan fingerprint density at radius 1 is 1.06 bits per heavy atom. The Balaban J connectivity index is 1.09. The van der Waals surface area contributed by atoms with Crippen LogP contribution in [0.5, 0.6) is 5.75 Å². The molecule has 6 rings (SSSR count). The SMILES string of the molecule is COc1ccc(-n2cnnn2)cc1C(=O)N(C)CC(CCN1CCC(Nc2nc3ccccc3n2CCOC(F)(F)F)CC1)c1ccc(F)cc1. The van der Waals surface area contributed by atoms with Gasteiger partial charge in [0.05, 0.1) is 36.0 Å². The summed E-state index contributed by atoms with van der Waals surface area (Å²) in [7, 11) is 3.24. The number of fused-ring (bicyclic) bond motifs is 1. The second-order valence-electron chi connectivity index (χ2n) is 12.5. The van der Waals surface area contributed by atoms with E-state index in [0.29, 0.717) is 35.0 Å². The maximum absolute atomic E-state index is 13.9. The van der Waals surface area contributed by atoms with E-state index < -0.39 is 13.0 Å². The standard InChI is InChI=1S/C35H39F4N9O3/c1-45(33(49)29-21-28(11-12-32(29)50-2)48-23-40-43-44-48)22-25(24-7-9-26(36)10-8-24)13-16-46-17-14-27(15-18-46)41-34-42-30-5-3-4-6-31(30)47(34)19-20-51-35(37,38)39/h3-12,21,23,25,27H,13-20,22H2,1-2H3,(H,41,42). The van der Waals surface area contributed by atoms with Crippen molar-refractivity contribution in [3.63, 3.8) is 0 Å². The number of alkyl halides is 3. The molecule has 1 atom stereocenters. The third-order valence-corrected chi connectivity index (χ3v) is 9.16. The molecule has 1 fully saturated rings. The van der Waals surface area contributed by atoms with Gasteiger partial charge in [0.15, 0.2) is 0 Å². The van der Waals surface area contributed by atoms with Crippen LogP contribution in [0.25, 0.3) is 16.7 Å². The smallest absolute Gasteiger partial charge is 0.496 e. The highest BCUT2D eigenvalue weighted by atomic mass is 19.4. The molecule has 51 heavy (non-hydrogen) atoms. The molecule has 1 aliphatic heterocycles. The number of anilines is 1. The normalized spacial score (nSPS) is 14.9. The van der Waals surface area contributed by atoms with Crippen molar-refractivity contribution < 1.29 is 31.8 Å². The van der Waals surface area contributed by atoms with Gasteiger partial charge in [-0.05, 0) is 84.3 Å². The molecule has 0 radical (unpaired) electrons. The van der Waals surface area contributed by atoms with Gasteiger partial charge in [-0.1, -0.05) is 24.3 Å². The average Bonchev–Trinajstić information content (AvgIpc) is 3.79. The lowest BCUT2D eigenvalue weighted by Gasteiger charge is -2.34. The molecule has 0 bridgehead atoms. The fraction of sp³-hybridized carbons (Fsp3) is 0.400. The molecule has 16 heteroatoms. The topological polar surface area (TPSA) is 115 Å². The third kappa shape index (κ3) is 8.99. The fourth-order valence-electron chi connectivity index (χ4n) is 6.49. The Hall–Kier alpha value is -5.09. The average molecular weight is 710 g/mol. The Morgan fingerprint density at radius 3 is 2.53 bits per heavy atom. The molecule has 2 aromatic heterocycles. The van der Waals surface area contributed by atoms with Crippen LogP contribution in [0, 0.1) is 5.82 Å². The number of likely N-dealkylation sites (N-methyl/N-ethyl adjacent to an activating group) is 1. The van der Waals surface area contributed by atoms with Gasteiger partial charge in [0.2, 0.25) is 5.95 Å². The number of hydrogen-bond acceptors (Lipinski definition) is 9. The number of tetrazole rings is 1. The van der Waals surface area contributed by atoms with E-state index in [1.54, 1.807) is 46.8 Å². The van der Waals surface area contributed by atoms with Crippen LogP contribution in [0.2, 0.25) is 0 Å². The van der Waals surface area contributed by atoms with Crippen LogP contribution in [0.4, 0.5) is 23.5 Å². The monoisotopic (exact) mass is 709 g/mol. The van der Waals surface area contributed by atoms with E-state index in [1.807, 2.05) is 24.3 Å². The van der Waals surface area contributed by atoms with Gasteiger partial charge in [0.1, 0.15) is 17.9 Å². The molecule has 3 heterocycles. The summed E-state index contributed by atoms with van der Waals surface area (Å²) in [5, 5.41) is 14.7. The van der Waals surface area contributed by atoms with Gasteiger partial charge in [-0.2, -0.15) is 0 Å². The Labute approximate surface area is 291 Å². The number of piperidine rings is 1. The van der Waals surface area contributed by atoms with Crippen molar-refractivity contribution in [2.45, 2.75) is 44.1 Å². The number of carbonyl (C=O) groups is 1. The van der Waals surface area contributed by atoms with E-state index in [-0.39, 0.29) is 30.2 Å². The van der Waals surface area contributed by atoms with Gasteiger partial charge in [0, 0.05) is 45.2 Å². The number of aromatic nitrogens is 6. The number of ether oxygens (including phenoxy) is 2. The lowest BCUT2D eigenvalue weighted by molar-refractivity contribution is -0.325. The number of nitrogens with zero attached hydrogens (tertiary/aromatic N) is 8. The van der Waals surface area contributed by atoms with Crippen molar-refractivity contribution >= 4 is 22.9 Å². The summed E-state index contributed by atoms with van der Waals surface area (Å²) < 4.78 is 64.7. The van der Waals surface area contributed by atoms with Crippen LogP contribution < -0.4 is 10.1 Å². The summed E-state index contributed by atoms with van der Waals surface area (Å²) >= 11 is 0. The second kappa shape index (κ2) is 15.9. The number of rotatable bonds is 14. The quantitative estimate of drug-likeness (QED) is 0.149. The van der Waals surface area contributed by atoms with Gasteiger partial charge >= 0.3 is 6.36 Å². The van der Waals surface area contributed by atoms with Crippen LogP contribution in [0.3, 0.4) is 0 Å². The first-order valence-corrected chi connectivity index (χ1v) is 16.6. The minimum Gasteiger partial charge on any atom is -0.496 e. The first kappa shape index (κ1) is 35.7. The highest BCUT2D eigenvalue weighted by molar-refractivity contribution is 5.97. The van der Waals surface area contributed by atoms with Crippen molar-refractivity contribution in [1.82, 2.24) is 39.6 Å². The number of nitrogens with one attached hydrogen (secondary N) is 1. The first-order valence-electron chi connectivity index (χ1n) is 16.6. The molecule has 0 spiro atoms. The predicted octanol–water partition coefficient (Wildman–Crippen LogP) is 5.52. The Morgan fingerprint density at radius 2 is 1.82 bits per heavy atom. The second-order valence-corrected chi connectivity index (χ2v) is 12.5. The number of halogens is 4. The van der Waals surface area contributed by atoms with E-state index in [1.165, 1.54) is 30.3 Å². The number of methoxy groups -OCH3 is 1. The first-order chi connectivity index (χ1) is 24.6. The molecule has 1 N–H and O–H groups in total. The number of amides is 1. The lowest BCUT2D eigenvalue weighted by Crippen LogP contribution is -2.41. The number of para-hydroxylation sites is 2. The van der Waals surface area contributed by atoms with Crippen molar-refractivity contribution in [1.29, 1.82) is 0 Å². The van der Waals surface area contributed by atoms with E-state index in [0.717, 1.165) is 50.0 Å². The summed E-state index contributed by atoms with van der Waals surface area (Å²) in [4.78, 5) is 22.4. The van der Waals surface area contributed by atoms with Crippen LogP contribution in [-0.2, 0) is 11.3 Å². The fourth-order valence-corrected chi connectivity index (χ4v) is 6.49. The molecule has 1 amide bonds. The maximum Gasteiger partial charge on any atom is 0.522 e. The molecular weight excluding hydrogens is 670 g/mol. The molecular formula is C35H39F4N9O3. The van der Waals surface area contributed by atoms with Gasteiger partial charge in [0.25, 0.3) is 5.91 Å². The Kier molecular flexibility index (Phi) is 11.1. The van der Waals surface area contributed by atoms with Crippen LogP contribution in [0.15, 0.2) is 73.1 Å². The van der Waals surface area contributed by atoms with Crippen LogP contribution >= 0.6 is 0 Å². The lowest BCUT2D eigenvalue weighted by atomic mass is 9.94. The zero-order valence-electron chi connectivity index (χ0n) is 28.3. The molecule has 270 valence electrons. The summed E-state index contributed by atoms with van der Waals surface area (Å²) in [6.45, 7) is 2.20. The van der Waals surface area contributed by atoms with E-state index >= 15 is 0 Å². The van der Waals surface area contributed by atoms with Gasteiger partial charge in [-0.3, -0.25) is 9.53 Å². The third-order valence-electron chi connectivity index (χ3n) is 9.16. The molecule has 1 aliphatic rings. The van der Waals surface area contributed by atoms with Crippen molar-refractivity contribution in [2.24, 2.45) is 0 Å². The zero-order valence-corrected chi connectivity index (χ0v) is 28.3. The minimum atomic E-state index is -4.70. The van der Waals surface area contributed by atoms with E-state index in [2.05, 4.69) is 35.5 Å². The van der Waals surface area contributed by atoms with E-state index in [4.69, 9.17) is 4.74 Å². The number of carbonyl (C=O) groups excluding carboxylic acids is 1. The van der Waals surface area contributed by atoms with Crippen molar-refractivity contribution in [3.05, 3.63) is 90.0 Å². The van der Waals surface area contributed by atoms with E-state index in [9.17, 15) is 22.4 Å². The van der Waals surface area contributed by atoms with Crippen LogP contribution in [0.1, 0.15) is 41.1 Å². The maximum atomic E-state index is 13.9. The number of hydrogen-bond donors (Lipinski definition) is 1. The summed E-state index contributed by atoms with van der Waals surface area (Å²) in [5.74, 6) is 0.287. The summed E-state index contributed by atoms with van der Waals surface area (Å²) in [6.07, 6.45) is -0.928. The highest BCUT2D eigenvalue weighted by Crippen LogP contribution is 2.28. The van der Waals surface area contributed by atoms with Gasteiger partial charge < -0.3 is 24.4 Å². The summed E-state index contributed by atoms with van der Waals surface area (Å²) in [5.41, 5.74) is 3.33.